The van der Waals surface area contributed by atoms with E-state index in [0.29, 0.717) is 5.96 Å². The van der Waals surface area contributed by atoms with Gasteiger partial charge in [-0.15, -0.1) is 24.0 Å². The lowest BCUT2D eigenvalue weighted by Crippen LogP contribution is -2.48. The molecule has 1 heterocycles. The van der Waals surface area contributed by atoms with Crippen molar-refractivity contribution in [2.75, 3.05) is 44.2 Å². The van der Waals surface area contributed by atoms with Gasteiger partial charge in [0.25, 0.3) is 0 Å². The molecule has 0 unspecified atom stereocenters. The topological polar surface area (TPSA) is 56.9 Å². The van der Waals surface area contributed by atoms with Crippen LogP contribution in [0, 0.1) is 13.8 Å². The molecule has 2 rings (SSSR count). The molecule has 1 aliphatic rings. The molecule has 0 spiro atoms. The Bertz CT molecular complexity index is 572. The minimum atomic E-state index is -0.0368. The molecule has 0 bridgehead atoms. The van der Waals surface area contributed by atoms with Crippen molar-refractivity contribution in [2.45, 2.75) is 40.2 Å². The number of benzene rings is 1. The highest BCUT2D eigenvalue weighted by Crippen LogP contribution is 2.23. The number of hydrogen-bond donors (Lipinski definition) is 2. The van der Waals surface area contributed by atoms with E-state index in [1.807, 2.05) is 0 Å². The van der Waals surface area contributed by atoms with Gasteiger partial charge in [0, 0.05) is 44.0 Å². The number of anilines is 1. The summed E-state index contributed by atoms with van der Waals surface area (Å²) in [5.74, 6) is 0.538. The number of aryl methyl sites for hydroxylation is 1. The minimum Gasteiger partial charge on any atom is -0.370 e. The molecule has 3 N–H and O–H groups in total. The average molecular weight is 459 g/mol. The zero-order chi connectivity index (χ0) is 17.7. The smallest absolute Gasteiger partial charge is 0.189 e. The van der Waals surface area contributed by atoms with E-state index < -0.39 is 0 Å². The van der Waals surface area contributed by atoms with Crippen molar-refractivity contribution in [1.82, 2.24) is 10.2 Å². The summed E-state index contributed by atoms with van der Waals surface area (Å²) in [4.78, 5) is 9.40. The summed E-state index contributed by atoms with van der Waals surface area (Å²) in [5, 5.41) is 3.20. The molecule has 6 heteroatoms. The lowest BCUT2D eigenvalue weighted by molar-refractivity contribution is 0.265. The third kappa shape index (κ3) is 7.01. The van der Waals surface area contributed by atoms with Crippen LogP contribution >= 0.6 is 24.0 Å². The summed E-state index contributed by atoms with van der Waals surface area (Å²) in [7, 11) is 0. The van der Waals surface area contributed by atoms with Crippen molar-refractivity contribution >= 4 is 35.6 Å². The number of halogens is 1. The van der Waals surface area contributed by atoms with E-state index in [-0.39, 0.29) is 29.5 Å². The molecule has 0 saturated carbocycles. The Labute approximate surface area is 170 Å². The number of hydrogen-bond acceptors (Lipinski definition) is 3. The second-order valence-electron chi connectivity index (χ2n) is 7.69. The van der Waals surface area contributed by atoms with E-state index in [0.717, 1.165) is 39.3 Å². The monoisotopic (exact) mass is 459 g/mol. The van der Waals surface area contributed by atoms with Crippen LogP contribution in [0.2, 0.25) is 0 Å². The quantitative estimate of drug-likeness (QED) is 0.413. The molecule has 1 aromatic rings. The molecule has 0 amide bonds. The average Bonchev–Trinajstić information content (AvgIpc) is 2.49. The highest BCUT2D eigenvalue weighted by molar-refractivity contribution is 14.0. The second-order valence-corrected chi connectivity index (χ2v) is 7.69. The van der Waals surface area contributed by atoms with Gasteiger partial charge in [0.2, 0.25) is 0 Å². The third-order valence-corrected chi connectivity index (χ3v) is 4.49. The summed E-state index contributed by atoms with van der Waals surface area (Å²) in [6.45, 7) is 16.7. The molecular weight excluding hydrogens is 425 g/mol. The van der Waals surface area contributed by atoms with Crippen molar-refractivity contribution < 1.29 is 0 Å². The van der Waals surface area contributed by atoms with Gasteiger partial charge in [0.15, 0.2) is 5.96 Å². The van der Waals surface area contributed by atoms with Crippen molar-refractivity contribution in [3.05, 3.63) is 29.3 Å². The van der Waals surface area contributed by atoms with Crippen molar-refractivity contribution in [3.8, 4) is 0 Å². The fraction of sp³-hybridized carbons (Fsp3) is 0.632. The van der Waals surface area contributed by atoms with Gasteiger partial charge in [0.1, 0.15) is 0 Å². The molecule has 1 saturated heterocycles. The van der Waals surface area contributed by atoms with Crippen LogP contribution in [-0.4, -0.2) is 55.7 Å². The molecule has 5 nitrogen and oxygen atoms in total. The molecule has 1 fully saturated rings. The lowest BCUT2D eigenvalue weighted by Gasteiger charge is -2.36. The number of guanidine groups is 1. The second kappa shape index (κ2) is 9.62. The molecule has 0 radical (unpaired) electrons. The van der Waals surface area contributed by atoms with Gasteiger partial charge in [-0.1, -0.05) is 12.1 Å². The van der Waals surface area contributed by atoms with Gasteiger partial charge in [-0.3, -0.25) is 9.89 Å². The maximum Gasteiger partial charge on any atom is 0.189 e. The molecule has 1 aliphatic heterocycles. The SMILES string of the molecule is Cc1cccc(N2CCN(CCN=C(N)NC(C)(C)C)CC2)c1C.I. The summed E-state index contributed by atoms with van der Waals surface area (Å²) in [6.07, 6.45) is 0. The van der Waals surface area contributed by atoms with Crippen LogP contribution < -0.4 is 16.0 Å². The number of rotatable bonds is 4. The molecule has 1 aromatic carbocycles. The Kier molecular flexibility index (Phi) is 8.47. The molecule has 142 valence electrons. The van der Waals surface area contributed by atoms with Crippen LogP contribution in [0.3, 0.4) is 0 Å². The molecule has 0 aromatic heterocycles. The fourth-order valence-electron chi connectivity index (χ4n) is 3.03. The standard InChI is InChI=1S/C19H33N5.HI/c1-15-7-6-8-17(16(15)2)24-13-11-23(12-14-24)10-9-21-18(20)22-19(3,4)5;/h6-8H,9-14H2,1-5H3,(H3,20,21,22);1H. The van der Waals surface area contributed by atoms with Gasteiger partial charge in [-0.05, 0) is 51.8 Å². The van der Waals surface area contributed by atoms with Crippen LogP contribution in [0.4, 0.5) is 5.69 Å². The van der Waals surface area contributed by atoms with Crippen LogP contribution in [0.15, 0.2) is 23.2 Å². The van der Waals surface area contributed by atoms with Crippen molar-refractivity contribution in [3.63, 3.8) is 0 Å². The van der Waals surface area contributed by atoms with Crippen LogP contribution in [0.25, 0.3) is 0 Å². The van der Waals surface area contributed by atoms with Crippen molar-refractivity contribution in [2.24, 2.45) is 10.7 Å². The highest BCUT2D eigenvalue weighted by Gasteiger charge is 2.18. The normalized spacial score (nSPS) is 16.5. The van der Waals surface area contributed by atoms with Crippen LogP contribution in [0.5, 0.6) is 0 Å². The first-order valence-electron chi connectivity index (χ1n) is 8.88. The maximum atomic E-state index is 5.92. The predicted octanol–water partition coefficient (Wildman–Crippen LogP) is 2.75. The van der Waals surface area contributed by atoms with Gasteiger partial charge in [0.05, 0.1) is 6.54 Å². The van der Waals surface area contributed by atoms with E-state index in [1.165, 1.54) is 16.8 Å². The Balaban J connectivity index is 0.00000312. The van der Waals surface area contributed by atoms with E-state index >= 15 is 0 Å². The Morgan fingerprint density at radius 3 is 2.40 bits per heavy atom. The van der Waals surface area contributed by atoms with Gasteiger partial charge < -0.3 is 16.0 Å². The van der Waals surface area contributed by atoms with E-state index in [1.54, 1.807) is 0 Å². The molecular formula is C19H34IN5. The van der Waals surface area contributed by atoms with E-state index in [4.69, 9.17) is 5.73 Å². The number of aliphatic imine (C=N–C) groups is 1. The summed E-state index contributed by atoms with van der Waals surface area (Å²) in [6, 6.07) is 6.58. The highest BCUT2D eigenvalue weighted by atomic mass is 127. The van der Waals surface area contributed by atoms with Crippen LogP contribution in [0.1, 0.15) is 31.9 Å². The fourth-order valence-corrected chi connectivity index (χ4v) is 3.03. The lowest BCUT2D eigenvalue weighted by atomic mass is 10.1. The Morgan fingerprint density at radius 1 is 1.16 bits per heavy atom. The first-order valence-corrected chi connectivity index (χ1v) is 8.88. The van der Waals surface area contributed by atoms with E-state index in [9.17, 15) is 0 Å². The number of nitrogens with one attached hydrogen (secondary N) is 1. The van der Waals surface area contributed by atoms with Crippen LogP contribution in [-0.2, 0) is 0 Å². The number of nitrogens with two attached hydrogens (primary N) is 1. The number of piperazine rings is 1. The summed E-state index contributed by atoms with van der Waals surface area (Å²) in [5.41, 5.74) is 10.0. The molecule has 25 heavy (non-hydrogen) atoms. The largest absolute Gasteiger partial charge is 0.370 e. The first-order chi connectivity index (χ1) is 11.3. The zero-order valence-electron chi connectivity index (χ0n) is 16.3. The van der Waals surface area contributed by atoms with Crippen molar-refractivity contribution in [1.29, 1.82) is 0 Å². The maximum absolute atomic E-state index is 5.92. The number of nitrogens with zero attached hydrogens (tertiary/aromatic N) is 3. The van der Waals surface area contributed by atoms with Gasteiger partial charge in [-0.25, -0.2) is 0 Å². The van der Waals surface area contributed by atoms with E-state index in [2.05, 4.69) is 72.9 Å². The molecule has 0 atom stereocenters. The first kappa shape index (κ1) is 22.0. The minimum absolute atomic E-state index is 0. The predicted molar refractivity (Wildman–Crippen MR) is 119 cm³/mol. The Morgan fingerprint density at radius 2 is 1.80 bits per heavy atom. The summed E-state index contributed by atoms with van der Waals surface area (Å²) < 4.78 is 0. The Hall–Kier alpha value is -1.02. The third-order valence-electron chi connectivity index (χ3n) is 4.49. The molecule has 0 aliphatic carbocycles. The summed E-state index contributed by atoms with van der Waals surface area (Å²) >= 11 is 0. The van der Waals surface area contributed by atoms with Gasteiger partial charge >= 0.3 is 0 Å². The zero-order valence-corrected chi connectivity index (χ0v) is 18.6. The van der Waals surface area contributed by atoms with Gasteiger partial charge in [-0.2, -0.15) is 0 Å².